The normalized spacial score (nSPS) is 11.7. The summed E-state index contributed by atoms with van der Waals surface area (Å²) in [5.41, 5.74) is 0.384. The quantitative estimate of drug-likeness (QED) is 0.301. The van der Waals surface area contributed by atoms with Gasteiger partial charge in [-0.15, -0.1) is 0 Å². The smallest absolute Gasteiger partial charge is 0.491 e. The zero-order valence-electron chi connectivity index (χ0n) is 18.0. The maximum absolute atomic E-state index is 12.3. The minimum absolute atomic E-state index is 0.145. The van der Waals surface area contributed by atoms with Crippen molar-refractivity contribution in [3.8, 4) is 11.8 Å². The monoisotopic (exact) mass is 440 g/mol. The van der Waals surface area contributed by atoms with Crippen LogP contribution in [0.25, 0.3) is 6.08 Å². The van der Waals surface area contributed by atoms with Gasteiger partial charge >= 0.3 is 13.9 Å². The minimum atomic E-state index is -3.68. The molecule has 0 spiro atoms. The first-order chi connectivity index (χ1) is 14.1. The second-order valence-electron chi connectivity index (χ2n) is 6.83. The minimum Gasteiger partial charge on any atom is -0.491 e. The standard InChI is InChI=1S/C20H29N2O7P/c1-6-26-30(24,27-7-2)28-12-10-17-9-8-16(15-21)14-18(17)25-13-11-22-19(23)29-20(3,4)5/h8-10,12,14H,6-7,11,13H2,1-5H3,(H,22,23). The molecule has 0 saturated carbocycles. The summed E-state index contributed by atoms with van der Waals surface area (Å²) in [6, 6.07) is 6.85. The van der Waals surface area contributed by atoms with E-state index < -0.39 is 19.5 Å². The number of carbonyl (C=O) groups excluding carboxylic acids is 1. The van der Waals surface area contributed by atoms with Crippen LogP contribution in [-0.2, 0) is 22.9 Å². The van der Waals surface area contributed by atoms with Crippen LogP contribution in [0.3, 0.4) is 0 Å². The maximum Gasteiger partial charge on any atom is 0.529 e. The van der Waals surface area contributed by atoms with Crippen molar-refractivity contribution in [2.24, 2.45) is 0 Å². The van der Waals surface area contributed by atoms with Gasteiger partial charge in [0.1, 0.15) is 18.0 Å². The Balaban J connectivity index is 2.76. The predicted octanol–water partition coefficient (Wildman–Crippen LogP) is 4.63. The molecule has 0 heterocycles. The third-order valence-electron chi connectivity index (χ3n) is 3.18. The molecule has 1 amide bonds. The predicted molar refractivity (Wildman–Crippen MR) is 112 cm³/mol. The Morgan fingerprint density at radius 1 is 1.23 bits per heavy atom. The fraction of sp³-hybridized carbons (Fsp3) is 0.500. The number of nitrogens with one attached hydrogen (secondary N) is 1. The van der Waals surface area contributed by atoms with E-state index in [-0.39, 0.29) is 26.4 Å². The summed E-state index contributed by atoms with van der Waals surface area (Å²) >= 11 is 0. The lowest BCUT2D eigenvalue weighted by Crippen LogP contribution is -2.34. The van der Waals surface area contributed by atoms with Crippen LogP contribution in [-0.4, -0.2) is 38.1 Å². The molecule has 166 valence electrons. The Morgan fingerprint density at radius 2 is 1.90 bits per heavy atom. The van der Waals surface area contributed by atoms with Crippen molar-refractivity contribution < 1.29 is 32.4 Å². The van der Waals surface area contributed by atoms with Gasteiger partial charge in [-0.3, -0.25) is 9.05 Å². The first-order valence-electron chi connectivity index (χ1n) is 9.50. The second-order valence-corrected chi connectivity index (χ2v) is 8.45. The summed E-state index contributed by atoms with van der Waals surface area (Å²) in [6.45, 7) is 9.35. The van der Waals surface area contributed by atoms with Gasteiger partial charge in [0.25, 0.3) is 0 Å². The van der Waals surface area contributed by atoms with E-state index in [1.165, 1.54) is 12.3 Å². The van der Waals surface area contributed by atoms with Gasteiger partial charge in [-0.05, 0) is 58.9 Å². The molecule has 9 nitrogen and oxygen atoms in total. The molecule has 0 radical (unpaired) electrons. The van der Waals surface area contributed by atoms with Gasteiger partial charge < -0.3 is 19.3 Å². The molecule has 1 rings (SSSR count). The average Bonchev–Trinajstić information content (AvgIpc) is 2.65. The van der Waals surface area contributed by atoms with Crippen LogP contribution in [0.1, 0.15) is 45.7 Å². The molecule has 0 aliphatic heterocycles. The number of carbonyl (C=O) groups is 1. The van der Waals surface area contributed by atoms with Gasteiger partial charge in [0, 0.05) is 5.56 Å². The zero-order valence-corrected chi connectivity index (χ0v) is 18.9. The van der Waals surface area contributed by atoms with Gasteiger partial charge in [0.2, 0.25) is 0 Å². The number of phosphoric acid groups is 1. The molecule has 1 aromatic rings. The lowest BCUT2D eigenvalue weighted by atomic mass is 10.1. The van der Waals surface area contributed by atoms with Gasteiger partial charge in [-0.2, -0.15) is 5.26 Å². The molecule has 0 saturated heterocycles. The highest BCUT2D eigenvalue weighted by molar-refractivity contribution is 7.48. The summed E-state index contributed by atoms with van der Waals surface area (Å²) in [6.07, 6.45) is 2.16. The van der Waals surface area contributed by atoms with Crippen molar-refractivity contribution in [2.45, 2.75) is 40.2 Å². The number of hydrogen-bond donors (Lipinski definition) is 1. The highest BCUT2D eigenvalue weighted by Gasteiger charge is 2.25. The van der Waals surface area contributed by atoms with Crippen LogP contribution >= 0.6 is 7.82 Å². The van der Waals surface area contributed by atoms with E-state index >= 15 is 0 Å². The van der Waals surface area contributed by atoms with E-state index in [1.54, 1.807) is 52.8 Å². The highest BCUT2D eigenvalue weighted by atomic mass is 31.2. The summed E-state index contributed by atoms with van der Waals surface area (Å²) in [5, 5.41) is 11.7. The molecule has 0 aliphatic carbocycles. The number of benzene rings is 1. The van der Waals surface area contributed by atoms with Crippen LogP contribution < -0.4 is 10.1 Å². The molecular weight excluding hydrogens is 411 g/mol. The third-order valence-corrected chi connectivity index (χ3v) is 4.71. The lowest BCUT2D eigenvalue weighted by Gasteiger charge is -2.19. The molecule has 0 atom stereocenters. The van der Waals surface area contributed by atoms with Crippen LogP contribution in [0.5, 0.6) is 5.75 Å². The Bertz CT molecular complexity index is 802. The van der Waals surface area contributed by atoms with E-state index in [0.717, 1.165) is 0 Å². The molecule has 0 aromatic heterocycles. The van der Waals surface area contributed by atoms with E-state index in [1.807, 2.05) is 6.07 Å². The van der Waals surface area contributed by atoms with Crippen molar-refractivity contribution in [1.82, 2.24) is 5.32 Å². The van der Waals surface area contributed by atoms with Crippen molar-refractivity contribution in [2.75, 3.05) is 26.4 Å². The Hall–Kier alpha value is -2.53. The van der Waals surface area contributed by atoms with Gasteiger partial charge in [0.15, 0.2) is 0 Å². The fourth-order valence-electron chi connectivity index (χ4n) is 2.09. The van der Waals surface area contributed by atoms with Crippen molar-refractivity contribution in [1.29, 1.82) is 5.26 Å². The molecule has 10 heteroatoms. The van der Waals surface area contributed by atoms with E-state index in [4.69, 9.17) is 28.3 Å². The average molecular weight is 440 g/mol. The molecule has 30 heavy (non-hydrogen) atoms. The molecule has 0 fully saturated rings. The summed E-state index contributed by atoms with van der Waals surface area (Å²) in [4.78, 5) is 11.7. The first-order valence-corrected chi connectivity index (χ1v) is 11.0. The number of rotatable bonds is 11. The third kappa shape index (κ3) is 9.79. The number of nitrogens with zero attached hydrogens (tertiary/aromatic N) is 1. The van der Waals surface area contributed by atoms with Crippen LogP contribution in [0.2, 0.25) is 0 Å². The van der Waals surface area contributed by atoms with E-state index in [9.17, 15) is 9.36 Å². The number of hydrogen-bond acceptors (Lipinski definition) is 8. The number of amides is 1. The van der Waals surface area contributed by atoms with Gasteiger partial charge in [0.05, 0.1) is 37.7 Å². The largest absolute Gasteiger partial charge is 0.529 e. The molecule has 1 aromatic carbocycles. The lowest BCUT2D eigenvalue weighted by molar-refractivity contribution is 0.0520. The molecule has 0 bridgehead atoms. The van der Waals surface area contributed by atoms with Gasteiger partial charge in [-0.25, -0.2) is 9.36 Å². The van der Waals surface area contributed by atoms with Gasteiger partial charge in [-0.1, -0.05) is 0 Å². The number of nitriles is 1. The second kappa shape index (κ2) is 12.2. The highest BCUT2D eigenvalue weighted by Crippen LogP contribution is 2.49. The first kappa shape index (κ1) is 25.5. The number of alkyl carbamates (subject to hydrolysis) is 1. The van der Waals surface area contributed by atoms with Crippen LogP contribution in [0, 0.1) is 11.3 Å². The Kier molecular flexibility index (Phi) is 10.4. The Labute approximate surface area is 177 Å². The number of ether oxygens (including phenoxy) is 2. The van der Waals surface area contributed by atoms with Crippen molar-refractivity contribution >= 4 is 20.0 Å². The summed E-state index contributed by atoms with van der Waals surface area (Å²) in [5.74, 6) is 0.391. The molecule has 0 unspecified atom stereocenters. The zero-order chi connectivity index (χ0) is 22.6. The van der Waals surface area contributed by atoms with E-state index in [0.29, 0.717) is 16.9 Å². The Morgan fingerprint density at radius 3 is 2.47 bits per heavy atom. The van der Waals surface area contributed by atoms with Crippen molar-refractivity contribution in [3.63, 3.8) is 0 Å². The molecule has 0 aliphatic rings. The topological polar surface area (TPSA) is 116 Å². The summed E-state index contributed by atoms with van der Waals surface area (Å²) in [7, 11) is -3.68. The van der Waals surface area contributed by atoms with Crippen molar-refractivity contribution in [3.05, 3.63) is 35.6 Å². The van der Waals surface area contributed by atoms with Crippen LogP contribution in [0.4, 0.5) is 4.79 Å². The maximum atomic E-state index is 12.3. The number of phosphoric ester groups is 1. The fourth-order valence-corrected chi connectivity index (χ4v) is 3.13. The van der Waals surface area contributed by atoms with E-state index in [2.05, 4.69) is 5.32 Å². The summed E-state index contributed by atoms with van der Waals surface area (Å²) < 4.78 is 38.4. The molecule has 1 N–H and O–H groups in total. The molecular formula is C20H29N2O7P. The SMILES string of the molecule is CCOP(=O)(OC=Cc1ccc(C#N)cc1OCCNC(=O)OC(C)(C)C)OCC. The van der Waals surface area contributed by atoms with Crippen LogP contribution in [0.15, 0.2) is 24.5 Å².